The molecule has 2 aromatic rings. The molecule has 1 aromatic heterocycles. The summed E-state index contributed by atoms with van der Waals surface area (Å²) in [6.45, 7) is 3.38. The van der Waals surface area contributed by atoms with Crippen molar-refractivity contribution in [1.29, 1.82) is 0 Å². The Bertz CT molecular complexity index is 688. The summed E-state index contributed by atoms with van der Waals surface area (Å²) in [5, 5.41) is 12.0. The summed E-state index contributed by atoms with van der Waals surface area (Å²) in [6, 6.07) is 5.68. The second-order valence-electron chi connectivity index (χ2n) is 5.32. The van der Waals surface area contributed by atoms with Crippen LogP contribution in [0.3, 0.4) is 0 Å². The fourth-order valence-corrected chi connectivity index (χ4v) is 4.20. The van der Waals surface area contributed by atoms with Gasteiger partial charge in [-0.2, -0.15) is 0 Å². The number of carbonyl (C=O) groups excluding carboxylic acids is 1. The van der Waals surface area contributed by atoms with Crippen molar-refractivity contribution < 1.29 is 9.53 Å². The summed E-state index contributed by atoms with van der Waals surface area (Å²) >= 11 is 3.29. The lowest BCUT2D eigenvalue weighted by atomic mass is 10.0. The highest BCUT2D eigenvalue weighted by molar-refractivity contribution is 8.01. The van der Waals surface area contributed by atoms with Gasteiger partial charge in [0.25, 0.3) is 5.91 Å². The van der Waals surface area contributed by atoms with E-state index >= 15 is 0 Å². The van der Waals surface area contributed by atoms with E-state index in [1.165, 1.54) is 0 Å². The summed E-state index contributed by atoms with van der Waals surface area (Å²) in [7, 11) is 0. The Hall–Kier alpha value is -1.60. The van der Waals surface area contributed by atoms with E-state index in [0.29, 0.717) is 12.1 Å². The minimum absolute atomic E-state index is 0.0184. The van der Waals surface area contributed by atoms with Crippen molar-refractivity contribution >= 4 is 29.0 Å². The average molecular weight is 349 g/mol. The molecule has 1 N–H and O–H groups in total. The van der Waals surface area contributed by atoms with Gasteiger partial charge in [-0.05, 0) is 49.9 Å². The van der Waals surface area contributed by atoms with Crippen molar-refractivity contribution in [2.24, 2.45) is 0 Å². The monoisotopic (exact) mass is 349 g/mol. The van der Waals surface area contributed by atoms with Crippen molar-refractivity contribution in [1.82, 2.24) is 15.5 Å². The van der Waals surface area contributed by atoms with Gasteiger partial charge in [0.2, 0.25) is 0 Å². The number of thioether (sulfide) groups is 1. The van der Waals surface area contributed by atoms with Crippen molar-refractivity contribution in [3.05, 3.63) is 34.3 Å². The van der Waals surface area contributed by atoms with Crippen LogP contribution >= 0.6 is 23.1 Å². The smallest absolute Gasteiger partial charge is 0.251 e. The molecule has 3 rings (SSSR count). The Morgan fingerprint density at radius 3 is 3.17 bits per heavy atom. The Morgan fingerprint density at radius 2 is 2.35 bits per heavy atom. The SMILES string of the molecule is Cc1nnc(SCCCNC(=O)c2ccc3c(c2)CCCO3)s1. The molecular formula is C16H19N3O2S2. The fraction of sp³-hybridized carbons (Fsp3) is 0.438. The summed E-state index contributed by atoms with van der Waals surface area (Å²) in [4.78, 5) is 12.2. The molecule has 0 radical (unpaired) electrons. The van der Waals surface area contributed by atoms with Gasteiger partial charge >= 0.3 is 0 Å². The summed E-state index contributed by atoms with van der Waals surface area (Å²) in [6.07, 6.45) is 2.90. The Morgan fingerprint density at radius 1 is 1.43 bits per heavy atom. The second-order valence-corrected chi connectivity index (χ2v) is 7.84. The van der Waals surface area contributed by atoms with Crippen LogP contribution in [0.4, 0.5) is 0 Å². The maximum atomic E-state index is 12.2. The molecule has 7 heteroatoms. The molecule has 0 aliphatic carbocycles. The van der Waals surface area contributed by atoms with Crippen LogP contribution in [-0.2, 0) is 6.42 Å². The van der Waals surface area contributed by atoms with Crippen LogP contribution in [0.25, 0.3) is 0 Å². The van der Waals surface area contributed by atoms with Gasteiger partial charge < -0.3 is 10.1 Å². The van der Waals surface area contributed by atoms with Gasteiger partial charge in [-0.25, -0.2) is 0 Å². The van der Waals surface area contributed by atoms with Gasteiger partial charge in [0.15, 0.2) is 4.34 Å². The maximum Gasteiger partial charge on any atom is 0.251 e. The first kappa shape index (κ1) is 16.3. The molecule has 0 atom stereocenters. The fourth-order valence-electron chi connectivity index (χ4n) is 2.37. The first-order chi connectivity index (χ1) is 11.2. The third-order valence-corrected chi connectivity index (χ3v) is 5.57. The standard InChI is InChI=1S/C16H19N3O2S2/c1-11-18-19-16(23-11)22-9-3-7-17-15(20)13-5-6-14-12(10-13)4-2-8-21-14/h5-6,10H,2-4,7-9H2,1H3,(H,17,20). The number of carbonyl (C=O) groups is 1. The molecule has 0 fully saturated rings. The Balaban J connectivity index is 1.42. The van der Waals surface area contributed by atoms with E-state index in [2.05, 4.69) is 15.5 Å². The van der Waals surface area contributed by atoms with E-state index in [4.69, 9.17) is 4.74 Å². The topological polar surface area (TPSA) is 64.1 Å². The van der Waals surface area contributed by atoms with Crippen LogP contribution in [0.5, 0.6) is 5.75 Å². The van der Waals surface area contributed by atoms with E-state index in [1.807, 2.05) is 25.1 Å². The zero-order valence-electron chi connectivity index (χ0n) is 13.0. The number of hydrogen-bond donors (Lipinski definition) is 1. The van der Waals surface area contributed by atoms with E-state index < -0.39 is 0 Å². The lowest BCUT2D eigenvalue weighted by Crippen LogP contribution is -2.25. The third kappa shape index (κ3) is 4.45. The first-order valence-corrected chi connectivity index (χ1v) is 9.49. The lowest BCUT2D eigenvalue weighted by molar-refractivity contribution is 0.0953. The summed E-state index contributed by atoms with van der Waals surface area (Å²) in [5.74, 6) is 1.82. The number of hydrogen-bond acceptors (Lipinski definition) is 6. The zero-order valence-corrected chi connectivity index (χ0v) is 14.6. The number of fused-ring (bicyclic) bond motifs is 1. The quantitative estimate of drug-likeness (QED) is 0.641. The molecule has 0 unspecified atom stereocenters. The largest absolute Gasteiger partial charge is 0.493 e. The molecule has 0 bridgehead atoms. The van der Waals surface area contributed by atoms with E-state index in [1.54, 1.807) is 23.1 Å². The van der Waals surface area contributed by atoms with Crippen molar-refractivity contribution in [3.8, 4) is 5.75 Å². The Kier molecular flexibility index (Phi) is 5.51. The normalized spacial score (nSPS) is 13.3. The highest BCUT2D eigenvalue weighted by atomic mass is 32.2. The molecule has 23 heavy (non-hydrogen) atoms. The Labute approximate surface area is 143 Å². The van der Waals surface area contributed by atoms with E-state index in [-0.39, 0.29) is 5.91 Å². The molecule has 0 saturated carbocycles. The summed E-state index contributed by atoms with van der Waals surface area (Å²) in [5.41, 5.74) is 1.84. The number of benzene rings is 1. The van der Waals surface area contributed by atoms with Crippen LogP contribution in [0, 0.1) is 6.92 Å². The molecule has 122 valence electrons. The van der Waals surface area contributed by atoms with Crippen LogP contribution < -0.4 is 10.1 Å². The highest BCUT2D eigenvalue weighted by Gasteiger charge is 2.13. The summed E-state index contributed by atoms with van der Waals surface area (Å²) < 4.78 is 6.56. The second kappa shape index (κ2) is 7.79. The number of aromatic nitrogens is 2. The molecular weight excluding hydrogens is 330 g/mol. The van der Waals surface area contributed by atoms with E-state index in [0.717, 1.165) is 52.3 Å². The minimum Gasteiger partial charge on any atom is -0.493 e. The molecule has 0 saturated heterocycles. The molecule has 1 aliphatic heterocycles. The first-order valence-electron chi connectivity index (χ1n) is 7.69. The zero-order chi connectivity index (χ0) is 16.1. The van der Waals surface area contributed by atoms with Crippen LogP contribution in [0.15, 0.2) is 22.5 Å². The van der Waals surface area contributed by atoms with Gasteiger partial charge in [-0.15, -0.1) is 10.2 Å². The third-order valence-electron chi connectivity index (χ3n) is 3.51. The number of nitrogens with zero attached hydrogens (tertiary/aromatic N) is 2. The number of nitrogens with one attached hydrogen (secondary N) is 1. The molecule has 1 aliphatic rings. The van der Waals surface area contributed by atoms with Gasteiger partial charge in [0.1, 0.15) is 10.8 Å². The maximum absolute atomic E-state index is 12.2. The predicted octanol–water partition coefficient (Wildman–Crippen LogP) is 3.08. The molecule has 1 amide bonds. The van der Waals surface area contributed by atoms with Crippen molar-refractivity contribution in [2.45, 2.75) is 30.5 Å². The number of ether oxygens (including phenoxy) is 1. The highest BCUT2D eigenvalue weighted by Crippen LogP contribution is 2.25. The lowest BCUT2D eigenvalue weighted by Gasteiger charge is -2.17. The van der Waals surface area contributed by atoms with Gasteiger partial charge in [-0.1, -0.05) is 23.1 Å². The molecule has 2 heterocycles. The van der Waals surface area contributed by atoms with Crippen LogP contribution in [0.2, 0.25) is 0 Å². The van der Waals surface area contributed by atoms with Crippen LogP contribution in [0.1, 0.15) is 33.8 Å². The number of aryl methyl sites for hydroxylation is 2. The molecule has 0 spiro atoms. The average Bonchev–Trinajstić information content (AvgIpc) is 2.99. The minimum atomic E-state index is -0.0184. The molecule has 5 nitrogen and oxygen atoms in total. The van der Waals surface area contributed by atoms with Crippen LogP contribution in [-0.4, -0.2) is 35.0 Å². The van der Waals surface area contributed by atoms with Gasteiger partial charge in [0.05, 0.1) is 6.61 Å². The van der Waals surface area contributed by atoms with Crippen molar-refractivity contribution in [2.75, 3.05) is 18.9 Å². The van der Waals surface area contributed by atoms with Gasteiger partial charge in [-0.3, -0.25) is 4.79 Å². The van der Waals surface area contributed by atoms with E-state index in [9.17, 15) is 4.79 Å². The van der Waals surface area contributed by atoms with Gasteiger partial charge in [0, 0.05) is 17.9 Å². The van der Waals surface area contributed by atoms with Crippen molar-refractivity contribution in [3.63, 3.8) is 0 Å². The molecule has 1 aromatic carbocycles. The number of rotatable bonds is 6. The predicted molar refractivity (Wildman–Crippen MR) is 92.6 cm³/mol. The number of amides is 1.